The molecule has 0 saturated heterocycles. The van der Waals surface area contributed by atoms with Crippen molar-refractivity contribution in [3.05, 3.63) is 82.9 Å². The molecule has 0 heterocycles. The van der Waals surface area contributed by atoms with Crippen LogP contribution < -0.4 is 4.74 Å². The molecule has 0 aliphatic rings. The molecule has 0 unspecified atom stereocenters. The summed E-state index contributed by atoms with van der Waals surface area (Å²) in [5.74, 6) is 3.54. The summed E-state index contributed by atoms with van der Waals surface area (Å²) < 4.78 is 68.8. The molecular weight excluding hydrogens is 445 g/mol. The van der Waals surface area contributed by atoms with E-state index in [4.69, 9.17) is 5.26 Å². The summed E-state index contributed by atoms with van der Waals surface area (Å²) in [6.45, 7) is 1.92. The SMILES string of the molecule is CCc1cc(C#Cc2cc(F)c(SC#N)c(F)c2)ccc1-c1ccc(OC(F)(F)F)cc1. The molecule has 0 atom stereocenters. The average Bonchev–Trinajstić information content (AvgIpc) is 2.74. The van der Waals surface area contributed by atoms with Crippen molar-refractivity contribution in [3.63, 3.8) is 0 Å². The molecule has 0 saturated carbocycles. The Balaban J connectivity index is 1.87. The Bertz CT molecular complexity index is 1210. The number of thioether (sulfide) groups is 1. The van der Waals surface area contributed by atoms with Crippen LogP contribution in [0.15, 0.2) is 59.5 Å². The van der Waals surface area contributed by atoms with Gasteiger partial charge in [0, 0.05) is 11.1 Å². The van der Waals surface area contributed by atoms with Crippen LogP contribution in [-0.2, 0) is 6.42 Å². The van der Waals surface area contributed by atoms with Gasteiger partial charge in [0.2, 0.25) is 0 Å². The zero-order chi connectivity index (χ0) is 23.3. The highest BCUT2D eigenvalue weighted by Gasteiger charge is 2.31. The van der Waals surface area contributed by atoms with E-state index in [9.17, 15) is 22.0 Å². The highest BCUT2D eigenvalue weighted by molar-refractivity contribution is 8.03. The van der Waals surface area contributed by atoms with Crippen molar-refractivity contribution in [1.29, 1.82) is 5.26 Å². The molecule has 0 fully saturated rings. The van der Waals surface area contributed by atoms with Gasteiger partial charge in [-0.05, 0) is 71.3 Å². The fourth-order valence-corrected chi connectivity index (χ4v) is 3.41. The van der Waals surface area contributed by atoms with E-state index in [1.807, 2.05) is 13.0 Å². The second-order valence-electron chi connectivity index (χ2n) is 6.51. The van der Waals surface area contributed by atoms with Gasteiger partial charge in [-0.3, -0.25) is 0 Å². The number of nitriles is 1. The van der Waals surface area contributed by atoms with Crippen LogP contribution in [0.3, 0.4) is 0 Å². The Morgan fingerprint density at radius 2 is 1.53 bits per heavy atom. The third kappa shape index (κ3) is 5.81. The Morgan fingerprint density at radius 3 is 2.09 bits per heavy atom. The predicted octanol–water partition coefficient (Wildman–Crippen LogP) is 7.07. The summed E-state index contributed by atoms with van der Waals surface area (Å²) in [7, 11) is 0. The number of alkyl halides is 3. The van der Waals surface area contributed by atoms with Crippen LogP contribution in [0, 0.1) is 34.1 Å². The first-order valence-corrected chi connectivity index (χ1v) is 10.1. The molecular formula is C24H14F5NOS. The summed E-state index contributed by atoms with van der Waals surface area (Å²) >= 11 is 0.403. The summed E-state index contributed by atoms with van der Waals surface area (Å²) in [6.07, 6.45) is -4.12. The van der Waals surface area contributed by atoms with Crippen LogP contribution in [0.25, 0.3) is 11.1 Å². The second-order valence-corrected chi connectivity index (χ2v) is 7.30. The van der Waals surface area contributed by atoms with E-state index in [0.717, 1.165) is 23.3 Å². The molecule has 2 nitrogen and oxygen atoms in total. The maximum Gasteiger partial charge on any atom is 0.573 e. The highest BCUT2D eigenvalue weighted by Crippen LogP contribution is 2.29. The lowest BCUT2D eigenvalue weighted by Gasteiger charge is -2.11. The van der Waals surface area contributed by atoms with Gasteiger partial charge in [-0.15, -0.1) is 13.2 Å². The fourth-order valence-electron chi connectivity index (χ4n) is 3.00. The first kappa shape index (κ1) is 23.2. The first-order valence-electron chi connectivity index (χ1n) is 9.26. The maximum absolute atomic E-state index is 14.0. The van der Waals surface area contributed by atoms with Gasteiger partial charge in [0.15, 0.2) is 0 Å². The van der Waals surface area contributed by atoms with Gasteiger partial charge in [-0.1, -0.05) is 37.0 Å². The van der Waals surface area contributed by atoms with Crippen molar-refractivity contribution in [2.24, 2.45) is 0 Å². The molecule has 0 bridgehead atoms. The van der Waals surface area contributed by atoms with E-state index < -0.39 is 18.0 Å². The molecule has 3 aromatic carbocycles. The van der Waals surface area contributed by atoms with Gasteiger partial charge in [-0.2, -0.15) is 5.26 Å². The lowest BCUT2D eigenvalue weighted by Crippen LogP contribution is -2.16. The van der Waals surface area contributed by atoms with E-state index in [2.05, 4.69) is 16.6 Å². The van der Waals surface area contributed by atoms with Crippen LogP contribution in [0.1, 0.15) is 23.6 Å². The number of hydrogen-bond acceptors (Lipinski definition) is 3. The molecule has 162 valence electrons. The van der Waals surface area contributed by atoms with Crippen molar-refractivity contribution < 1.29 is 26.7 Å². The Hall–Kier alpha value is -3.49. The molecule has 3 rings (SSSR count). The van der Waals surface area contributed by atoms with Gasteiger partial charge in [0.05, 0.1) is 4.90 Å². The number of nitrogens with zero attached hydrogens (tertiary/aromatic N) is 1. The van der Waals surface area contributed by atoms with Crippen molar-refractivity contribution >= 4 is 11.8 Å². The minimum atomic E-state index is -4.75. The molecule has 3 aromatic rings. The lowest BCUT2D eigenvalue weighted by molar-refractivity contribution is -0.274. The van der Waals surface area contributed by atoms with Crippen LogP contribution in [0.5, 0.6) is 5.75 Å². The molecule has 0 aliphatic heterocycles. The van der Waals surface area contributed by atoms with Gasteiger partial charge in [-0.25, -0.2) is 8.78 Å². The van der Waals surface area contributed by atoms with Gasteiger partial charge in [0.25, 0.3) is 0 Å². The van der Waals surface area contributed by atoms with Crippen LogP contribution in [-0.4, -0.2) is 6.36 Å². The van der Waals surface area contributed by atoms with Gasteiger partial charge < -0.3 is 4.74 Å². The van der Waals surface area contributed by atoms with E-state index in [0.29, 0.717) is 29.3 Å². The summed E-state index contributed by atoms with van der Waals surface area (Å²) in [5.41, 5.74) is 3.18. The molecule has 32 heavy (non-hydrogen) atoms. The summed E-state index contributed by atoms with van der Waals surface area (Å²) in [4.78, 5) is -0.373. The van der Waals surface area contributed by atoms with E-state index in [1.54, 1.807) is 17.5 Å². The molecule has 0 aliphatic carbocycles. The Labute approximate surface area is 185 Å². The minimum absolute atomic E-state index is 0.129. The van der Waals surface area contributed by atoms with Crippen LogP contribution in [0.2, 0.25) is 0 Å². The topological polar surface area (TPSA) is 33.0 Å². The van der Waals surface area contributed by atoms with Crippen molar-refractivity contribution in [1.82, 2.24) is 0 Å². The highest BCUT2D eigenvalue weighted by atomic mass is 32.2. The summed E-state index contributed by atoms with van der Waals surface area (Å²) in [6, 6.07) is 13.0. The molecule has 8 heteroatoms. The van der Waals surface area contributed by atoms with Crippen LogP contribution >= 0.6 is 11.8 Å². The fraction of sp³-hybridized carbons (Fsp3) is 0.125. The number of hydrogen-bond donors (Lipinski definition) is 0. The largest absolute Gasteiger partial charge is 0.573 e. The molecule has 0 N–H and O–H groups in total. The predicted molar refractivity (Wildman–Crippen MR) is 112 cm³/mol. The smallest absolute Gasteiger partial charge is 0.406 e. The number of aryl methyl sites for hydroxylation is 1. The third-order valence-corrected chi connectivity index (χ3v) is 5.07. The number of thiocyanates is 1. The number of benzene rings is 3. The number of halogens is 5. The minimum Gasteiger partial charge on any atom is -0.406 e. The molecule has 0 amide bonds. The summed E-state index contributed by atoms with van der Waals surface area (Å²) in [5, 5.41) is 10.2. The number of rotatable bonds is 4. The van der Waals surface area contributed by atoms with Crippen molar-refractivity contribution in [2.45, 2.75) is 24.6 Å². The zero-order valence-electron chi connectivity index (χ0n) is 16.6. The zero-order valence-corrected chi connectivity index (χ0v) is 17.4. The van der Waals surface area contributed by atoms with E-state index in [1.165, 1.54) is 24.3 Å². The molecule has 0 spiro atoms. The van der Waals surface area contributed by atoms with Crippen molar-refractivity contribution in [2.75, 3.05) is 0 Å². The first-order chi connectivity index (χ1) is 15.2. The van der Waals surface area contributed by atoms with E-state index in [-0.39, 0.29) is 16.2 Å². The normalized spacial score (nSPS) is 10.8. The van der Waals surface area contributed by atoms with Gasteiger partial charge >= 0.3 is 6.36 Å². The van der Waals surface area contributed by atoms with Crippen LogP contribution in [0.4, 0.5) is 22.0 Å². The second kappa shape index (κ2) is 9.76. The number of ether oxygens (including phenoxy) is 1. The molecule has 0 radical (unpaired) electrons. The molecule has 0 aromatic heterocycles. The third-order valence-electron chi connectivity index (χ3n) is 4.38. The standard InChI is InChI=1S/C24H14F5NOS/c1-2-17-11-15(3-4-16-12-21(25)23(32-14-30)22(26)13-16)5-10-20(17)18-6-8-19(9-7-18)31-24(27,28)29/h5-13H,2H2,1H3. The monoisotopic (exact) mass is 459 g/mol. The lowest BCUT2D eigenvalue weighted by atomic mass is 9.96. The Morgan fingerprint density at radius 1 is 0.906 bits per heavy atom. The maximum atomic E-state index is 14.0. The van der Waals surface area contributed by atoms with Gasteiger partial charge in [0.1, 0.15) is 22.8 Å². The Kier molecular flexibility index (Phi) is 7.07. The average molecular weight is 459 g/mol. The quantitative estimate of drug-likeness (QED) is 0.181. The van der Waals surface area contributed by atoms with E-state index >= 15 is 0 Å². The van der Waals surface area contributed by atoms with Crippen molar-refractivity contribution in [3.8, 4) is 34.1 Å².